The number of imidazole rings is 1. The van der Waals surface area contributed by atoms with Gasteiger partial charge in [0.2, 0.25) is 11.7 Å². The van der Waals surface area contributed by atoms with Crippen LogP contribution in [0.3, 0.4) is 0 Å². The van der Waals surface area contributed by atoms with Crippen LogP contribution in [0.25, 0.3) is 83.7 Å². The summed E-state index contributed by atoms with van der Waals surface area (Å²) in [6.45, 7) is 18.5. The Labute approximate surface area is 402 Å². The molecule has 10 aromatic rings. The summed E-state index contributed by atoms with van der Waals surface area (Å²) in [6, 6.07) is 57.7. The van der Waals surface area contributed by atoms with Gasteiger partial charge in [0.25, 0.3) is 0 Å². The Bertz CT molecular complexity index is 3240. The van der Waals surface area contributed by atoms with E-state index in [9.17, 15) is 4.39 Å². The maximum Gasteiger partial charge on any atom is 0.218 e. The van der Waals surface area contributed by atoms with Gasteiger partial charge < -0.3 is 14.0 Å². The van der Waals surface area contributed by atoms with Crippen molar-refractivity contribution in [1.82, 2.24) is 19.5 Å². The van der Waals surface area contributed by atoms with Gasteiger partial charge in [-0.3, -0.25) is 4.98 Å². The molecule has 0 fully saturated rings. The molecule has 0 saturated carbocycles. The second-order valence-corrected chi connectivity index (χ2v) is 24.2. The minimum Gasteiger partial charge on any atom is -0.486 e. The molecule has 0 aliphatic rings. The predicted octanol–water partition coefficient (Wildman–Crippen LogP) is 14.8. The molecular formula is C58H53FIrN4OSi-2. The van der Waals surface area contributed by atoms with Crippen molar-refractivity contribution in [1.29, 1.82) is 0 Å². The number of rotatable bonds is 8. The van der Waals surface area contributed by atoms with Crippen molar-refractivity contribution < 1.29 is 28.9 Å². The summed E-state index contributed by atoms with van der Waals surface area (Å²) < 4.78 is 22.6. The molecule has 4 heterocycles. The van der Waals surface area contributed by atoms with Crippen LogP contribution < -0.4 is 5.19 Å². The third-order valence-electron chi connectivity index (χ3n) is 11.8. The smallest absolute Gasteiger partial charge is 0.218 e. The summed E-state index contributed by atoms with van der Waals surface area (Å²) in [5, 5.41) is 3.07. The van der Waals surface area contributed by atoms with Gasteiger partial charge in [-0.2, -0.15) is 9.37 Å². The van der Waals surface area contributed by atoms with Crippen molar-refractivity contribution in [2.75, 3.05) is 0 Å². The van der Waals surface area contributed by atoms with Gasteiger partial charge in [0.15, 0.2) is 0 Å². The molecule has 10 rings (SSSR count). The second kappa shape index (κ2) is 18.9. The molecule has 8 heteroatoms. The van der Waals surface area contributed by atoms with Crippen LogP contribution in [0, 0.1) is 24.0 Å². The molecule has 1 radical (unpaired) electrons. The van der Waals surface area contributed by atoms with Gasteiger partial charge in [0, 0.05) is 42.8 Å². The number of nitrogens with zero attached hydrogens (tertiary/aromatic N) is 4. The van der Waals surface area contributed by atoms with Gasteiger partial charge in [-0.05, 0) is 81.7 Å². The molecule has 4 aromatic heterocycles. The topological polar surface area (TPSA) is 56.7 Å². The summed E-state index contributed by atoms with van der Waals surface area (Å²) in [4.78, 5) is 13.9. The SMILES string of the molecule is CC(C)(C)c1cc(-c2ccccc2)c(-n2c(-c3[c-]ccc4c3oc3nc(F)ccc34)nc3ccccc32)c(-c2ccccc2)c1.CC(C)Cc1cc(-c2[c-]cccc2)ncc1[Si](C)(C)C.[Ir]. The van der Waals surface area contributed by atoms with E-state index < -0.39 is 14.0 Å². The van der Waals surface area contributed by atoms with Crippen molar-refractivity contribution in [2.45, 2.75) is 66.1 Å². The average molecular weight is 1060 g/mol. The second-order valence-electron chi connectivity index (χ2n) is 19.2. The van der Waals surface area contributed by atoms with Crippen molar-refractivity contribution in [2.24, 2.45) is 5.92 Å². The molecule has 0 bridgehead atoms. The largest absolute Gasteiger partial charge is 0.486 e. The number of para-hydroxylation sites is 2. The van der Waals surface area contributed by atoms with Crippen molar-refractivity contribution in [3.05, 3.63) is 187 Å². The molecule has 0 saturated heterocycles. The van der Waals surface area contributed by atoms with E-state index in [2.05, 4.69) is 166 Å². The molecule has 0 N–H and O–H groups in total. The van der Waals surface area contributed by atoms with Crippen molar-refractivity contribution >= 4 is 46.4 Å². The number of fused-ring (bicyclic) bond motifs is 4. The summed E-state index contributed by atoms with van der Waals surface area (Å²) >= 11 is 0. The number of aromatic nitrogens is 4. The van der Waals surface area contributed by atoms with Crippen LogP contribution in [0.5, 0.6) is 0 Å². The Morgan fingerprint density at radius 2 is 1.36 bits per heavy atom. The van der Waals surface area contributed by atoms with E-state index in [-0.39, 0.29) is 31.2 Å². The molecule has 0 aliphatic carbocycles. The van der Waals surface area contributed by atoms with Gasteiger partial charge >= 0.3 is 0 Å². The fraction of sp³-hybridized carbons (Fsp3) is 0.190. The van der Waals surface area contributed by atoms with E-state index in [0.29, 0.717) is 22.9 Å². The Morgan fingerprint density at radius 3 is 1.98 bits per heavy atom. The van der Waals surface area contributed by atoms with Crippen LogP contribution in [0.1, 0.15) is 45.7 Å². The monoisotopic (exact) mass is 1060 g/mol. The number of furan rings is 1. The Balaban J connectivity index is 0.000000238. The van der Waals surface area contributed by atoms with Crippen LogP contribution in [-0.2, 0) is 31.9 Å². The molecule has 0 unspecified atom stereocenters. The quantitative estimate of drug-likeness (QED) is 0.0864. The first-order chi connectivity index (χ1) is 31.2. The van der Waals surface area contributed by atoms with E-state index in [1.165, 1.54) is 22.4 Å². The molecule has 66 heavy (non-hydrogen) atoms. The molecular weight excluding hydrogens is 1010 g/mol. The van der Waals surface area contributed by atoms with Crippen LogP contribution in [0.2, 0.25) is 19.6 Å². The molecule has 0 atom stereocenters. The molecule has 0 aliphatic heterocycles. The molecule has 333 valence electrons. The summed E-state index contributed by atoms with van der Waals surface area (Å²) in [5.41, 5.74) is 13.4. The zero-order valence-corrected chi connectivity index (χ0v) is 42.1. The van der Waals surface area contributed by atoms with Gasteiger partial charge in [-0.25, -0.2) is 0 Å². The molecule has 0 spiro atoms. The first-order valence-corrected chi connectivity index (χ1v) is 25.9. The Hall–Kier alpha value is -6.31. The van der Waals surface area contributed by atoms with Crippen LogP contribution in [-0.4, -0.2) is 27.6 Å². The summed E-state index contributed by atoms with van der Waals surface area (Å²) in [7, 11) is -1.34. The fourth-order valence-corrected chi connectivity index (χ4v) is 10.2. The predicted molar refractivity (Wildman–Crippen MR) is 270 cm³/mol. The number of hydrogen-bond donors (Lipinski definition) is 0. The van der Waals surface area contributed by atoms with E-state index >= 15 is 0 Å². The summed E-state index contributed by atoms with van der Waals surface area (Å²) in [5.74, 6) is 0.762. The third kappa shape index (κ3) is 9.37. The van der Waals surface area contributed by atoms with Crippen LogP contribution in [0.4, 0.5) is 4.39 Å². The van der Waals surface area contributed by atoms with E-state index in [0.717, 1.165) is 67.4 Å². The molecule has 5 nitrogen and oxygen atoms in total. The third-order valence-corrected chi connectivity index (χ3v) is 13.9. The van der Waals surface area contributed by atoms with E-state index in [4.69, 9.17) is 9.40 Å². The zero-order chi connectivity index (χ0) is 45.5. The first-order valence-electron chi connectivity index (χ1n) is 22.4. The van der Waals surface area contributed by atoms with Crippen molar-refractivity contribution in [3.8, 4) is 50.6 Å². The Morgan fingerprint density at radius 1 is 0.712 bits per heavy atom. The summed E-state index contributed by atoms with van der Waals surface area (Å²) in [6.07, 6.45) is 3.24. The zero-order valence-electron chi connectivity index (χ0n) is 38.7. The van der Waals surface area contributed by atoms with Crippen LogP contribution >= 0.6 is 0 Å². The van der Waals surface area contributed by atoms with E-state index in [1.54, 1.807) is 6.07 Å². The number of halogens is 1. The number of benzene rings is 6. The normalized spacial score (nSPS) is 11.8. The Kier molecular flexibility index (Phi) is 13.2. The maximum absolute atomic E-state index is 14.1. The molecule has 6 aromatic carbocycles. The average Bonchev–Trinajstić information content (AvgIpc) is 3.87. The first kappa shape index (κ1) is 46.2. The van der Waals surface area contributed by atoms with Gasteiger partial charge in [0.1, 0.15) is 0 Å². The maximum atomic E-state index is 14.1. The van der Waals surface area contributed by atoms with Gasteiger partial charge in [-0.1, -0.05) is 150 Å². The fourth-order valence-electron chi connectivity index (χ4n) is 8.65. The standard InChI is InChI=1S/C40H29FN3O.C18H24NSi.Ir/c1-40(2,3)27-23-31(25-13-6-4-7-14-25)36(32(24-27)26-15-8-5-9-16-26)44-34-20-11-10-19-33(34)42-38(44)30-18-12-17-28-29-21-22-35(41)43-39(29)45-37(28)30;1-14(2)11-16-12-17(15-9-7-6-8-10-15)19-13-18(16)20(3,4)5;/h4-17,19-24H,1-3H3;6-9,12-14H,11H2,1-5H3;/q2*-1;. The molecule has 0 amide bonds. The number of pyridine rings is 2. The van der Waals surface area contributed by atoms with Gasteiger partial charge in [0.05, 0.1) is 36.2 Å². The van der Waals surface area contributed by atoms with Crippen LogP contribution in [0.15, 0.2) is 162 Å². The number of hydrogen-bond acceptors (Lipinski definition) is 4. The minimum absolute atomic E-state index is 0. The van der Waals surface area contributed by atoms with E-state index in [1.807, 2.05) is 60.7 Å². The van der Waals surface area contributed by atoms with Crippen molar-refractivity contribution in [3.63, 3.8) is 0 Å². The minimum atomic E-state index is -1.34. The van der Waals surface area contributed by atoms with Gasteiger partial charge in [-0.15, -0.1) is 54.1 Å².